The number of ether oxygens (including phenoxy) is 1. The molecule has 1 saturated heterocycles. The fourth-order valence-corrected chi connectivity index (χ4v) is 2.99. The summed E-state index contributed by atoms with van der Waals surface area (Å²) in [7, 11) is 0. The Labute approximate surface area is 147 Å². The molecule has 24 heavy (non-hydrogen) atoms. The largest absolute Gasteiger partial charge is 0.453 e. The highest BCUT2D eigenvalue weighted by Gasteiger charge is 2.19. The summed E-state index contributed by atoms with van der Waals surface area (Å²) >= 11 is 6.22. The van der Waals surface area contributed by atoms with E-state index in [2.05, 4.69) is 23.4 Å². The normalized spacial score (nSPS) is 16.2. The number of anilines is 1. The van der Waals surface area contributed by atoms with Crippen LogP contribution in [0.1, 0.15) is 19.1 Å². The van der Waals surface area contributed by atoms with Crippen LogP contribution in [0.2, 0.25) is 5.15 Å². The molecule has 0 radical (unpaired) electrons. The molecule has 2 aromatic rings. The average Bonchev–Trinajstić information content (AvgIpc) is 3.02. The van der Waals surface area contributed by atoms with Crippen LogP contribution in [0, 0.1) is 0 Å². The van der Waals surface area contributed by atoms with Gasteiger partial charge in [0, 0.05) is 25.2 Å². The Kier molecular flexibility index (Phi) is 5.38. The molecule has 0 amide bonds. The standard InChI is InChI=1S/C19H21ClN2O2/c1-3-5-6-7-14(4-2)17-12-15-19(24-17)16(13-18(20)21-15)22-8-10-23-11-9-22/h3,5-7,12-13H,1,4,8-11H2,2H3/b6-5-,14-7+. The zero-order valence-corrected chi connectivity index (χ0v) is 14.6. The number of aromatic nitrogens is 1. The van der Waals surface area contributed by atoms with E-state index >= 15 is 0 Å². The van der Waals surface area contributed by atoms with Gasteiger partial charge in [-0.05, 0) is 12.0 Å². The van der Waals surface area contributed by atoms with Crippen LogP contribution in [-0.4, -0.2) is 31.3 Å². The van der Waals surface area contributed by atoms with Crippen LogP contribution < -0.4 is 4.90 Å². The van der Waals surface area contributed by atoms with Gasteiger partial charge in [-0.25, -0.2) is 4.98 Å². The van der Waals surface area contributed by atoms with E-state index in [0.717, 1.165) is 47.6 Å². The lowest BCUT2D eigenvalue weighted by molar-refractivity contribution is 0.122. The Morgan fingerprint density at radius 1 is 1.33 bits per heavy atom. The predicted octanol–water partition coefficient (Wildman–Crippen LogP) is 4.85. The molecular weight excluding hydrogens is 324 g/mol. The van der Waals surface area contributed by atoms with E-state index in [-0.39, 0.29) is 0 Å². The van der Waals surface area contributed by atoms with Crippen LogP contribution in [0.4, 0.5) is 5.69 Å². The lowest BCUT2D eigenvalue weighted by Crippen LogP contribution is -2.36. The first kappa shape index (κ1) is 16.8. The number of hydrogen-bond donors (Lipinski definition) is 0. The van der Waals surface area contributed by atoms with E-state index in [1.54, 1.807) is 6.08 Å². The van der Waals surface area contributed by atoms with Gasteiger partial charge >= 0.3 is 0 Å². The first-order valence-corrected chi connectivity index (χ1v) is 8.52. The Balaban J connectivity index is 2.04. The summed E-state index contributed by atoms with van der Waals surface area (Å²) in [4.78, 5) is 6.65. The molecule has 3 rings (SSSR count). The summed E-state index contributed by atoms with van der Waals surface area (Å²) < 4.78 is 11.6. The van der Waals surface area contributed by atoms with Crippen molar-refractivity contribution in [1.82, 2.24) is 4.98 Å². The number of furan rings is 1. The van der Waals surface area contributed by atoms with Gasteiger partial charge in [-0.2, -0.15) is 0 Å². The molecule has 0 N–H and O–H groups in total. The van der Waals surface area contributed by atoms with Gasteiger partial charge in [-0.3, -0.25) is 0 Å². The zero-order chi connectivity index (χ0) is 16.9. The van der Waals surface area contributed by atoms with Crippen molar-refractivity contribution in [2.24, 2.45) is 0 Å². The Morgan fingerprint density at radius 2 is 2.12 bits per heavy atom. The molecule has 1 aliphatic heterocycles. The van der Waals surface area contributed by atoms with Crippen LogP contribution >= 0.6 is 11.6 Å². The van der Waals surface area contributed by atoms with Crippen molar-refractivity contribution in [1.29, 1.82) is 0 Å². The second kappa shape index (κ2) is 7.69. The number of nitrogens with zero attached hydrogens (tertiary/aromatic N) is 2. The highest BCUT2D eigenvalue weighted by atomic mass is 35.5. The van der Waals surface area contributed by atoms with Gasteiger partial charge in [0.2, 0.25) is 0 Å². The molecule has 0 aromatic carbocycles. The van der Waals surface area contributed by atoms with Gasteiger partial charge in [-0.15, -0.1) is 0 Å². The molecule has 0 aliphatic carbocycles. The topological polar surface area (TPSA) is 38.5 Å². The first-order chi connectivity index (χ1) is 11.7. The molecule has 0 spiro atoms. The first-order valence-electron chi connectivity index (χ1n) is 8.14. The van der Waals surface area contributed by atoms with Crippen LogP contribution in [0.15, 0.2) is 47.4 Å². The van der Waals surface area contributed by atoms with E-state index in [9.17, 15) is 0 Å². The second-order valence-electron chi connectivity index (χ2n) is 5.55. The minimum atomic E-state index is 0.477. The predicted molar refractivity (Wildman–Crippen MR) is 99.7 cm³/mol. The van der Waals surface area contributed by atoms with Crippen LogP contribution in [0.25, 0.3) is 16.7 Å². The maximum atomic E-state index is 6.22. The quantitative estimate of drug-likeness (QED) is 0.574. The average molecular weight is 345 g/mol. The molecule has 0 bridgehead atoms. The van der Waals surface area contributed by atoms with Crippen molar-refractivity contribution < 1.29 is 9.15 Å². The van der Waals surface area contributed by atoms with Crippen molar-refractivity contribution in [2.45, 2.75) is 13.3 Å². The van der Waals surface area contributed by atoms with E-state index < -0.39 is 0 Å². The molecule has 4 nitrogen and oxygen atoms in total. The lowest BCUT2D eigenvalue weighted by atomic mass is 10.1. The number of fused-ring (bicyclic) bond motifs is 1. The summed E-state index contributed by atoms with van der Waals surface area (Å²) in [6.07, 6.45) is 8.51. The van der Waals surface area contributed by atoms with Crippen molar-refractivity contribution in [3.63, 3.8) is 0 Å². The number of halogens is 1. The fourth-order valence-electron chi connectivity index (χ4n) is 2.80. The summed E-state index contributed by atoms with van der Waals surface area (Å²) in [6, 6.07) is 3.83. The maximum Gasteiger partial charge on any atom is 0.176 e. The van der Waals surface area contributed by atoms with Crippen LogP contribution in [0.3, 0.4) is 0 Å². The molecule has 126 valence electrons. The minimum absolute atomic E-state index is 0.477. The second-order valence-corrected chi connectivity index (χ2v) is 5.94. The van der Waals surface area contributed by atoms with E-state index in [1.165, 1.54) is 0 Å². The third kappa shape index (κ3) is 3.55. The summed E-state index contributed by atoms with van der Waals surface area (Å²) in [6.45, 7) is 8.85. The lowest BCUT2D eigenvalue weighted by Gasteiger charge is -2.28. The van der Waals surface area contributed by atoms with E-state index in [0.29, 0.717) is 18.4 Å². The third-order valence-electron chi connectivity index (χ3n) is 4.02. The van der Waals surface area contributed by atoms with Gasteiger partial charge in [0.25, 0.3) is 0 Å². The molecule has 0 saturated carbocycles. The van der Waals surface area contributed by atoms with E-state index in [1.807, 2.05) is 30.4 Å². The molecule has 2 aromatic heterocycles. The summed E-state index contributed by atoms with van der Waals surface area (Å²) in [5.41, 5.74) is 3.65. The van der Waals surface area contributed by atoms with Crippen molar-refractivity contribution in [3.05, 3.63) is 53.9 Å². The van der Waals surface area contributed by atoms with Crippen molar-refractivity contribution in [3.8, 4) is 0 Å². The number of allylic oxidation sites excluding steroid dienone is 5. The smallest absolute Gasteiger partial charge is 0.176 e. The molecule has 3 heterocycles. The Morgan fingerprint density at radius 3 is 2.83 bits per heavy atom. The van der Waals surface area contributed by atoms with Gasteiger partial charge in [0.05, 0.1) is 18.9 Å². The van der Waals surface area contributed by atoms with Gasteiger partial charge in [0.1, 0.15) is 16.4 Å². The van der Waals surface area contributed by atoms with Crippen molar-refractivity contribution >= 4 is 34.0 Å². The van der Waals surface area contributed by atoms with Gasteiger partial charge in [-0.1, -0.05) is 49.4 Å². The number of hydrogen-bond acceptors (Lipinski definition) is 4. The van der Waals surface area contributed by atoms with Crippen LogP contribution in [0.5, 0.6) is 0 Å². The highest BCUT2D eigenvalue weighted by molar-refractivity contribution is 6.30. The molecule has 5 heteroatoms. The highest BCUT2D eigenvalue weighted by Crippen LogP contribution is 2.34. The minimum Gasteiger partial charge on any atom is -0.453 e. The monoisotopic (exact) mass is 344 g/mol. The number of rotatable bonds is 5. The van der Waals surface area contributed by atoms with Gasteiger partial charge in [0.15, 0.2) is 5.58 Å². The Bertz CT molecular complexity index is 786. The SMILES string of the molecule is C=C/C=C\C=C(/CC)c1cc2nc(Cl)cc(N3CCOCC3)c2o1. The molecule has 0 atom stereocenters. The van der Waals surface area contributed by atoms with Gasteiger partial charge < -0.3 is 14.1 Å². The number of pyridine rings is 1. The summed E-state index contributed by atoms with van der Waals surface area (Å²) in [5.74, 6) is 0.825. The fraction of sp³-hybridized carbons (Fsp3) is 0.316. The Hall–Kier alpha value is -2.04. The van der Waals surface area contributed by atoms with Crippen molar-refractivity contribution in [2.75, 3.05) is 31.2 Å². The maximum absolute atomic E-state index is 6.22. The molecule has 1 aliphatic rings. The van der Waals surface area contributed by atoms with E-state index in [4.69, 9.17) is 20.8 Å². The molecule has 0 unspecified atom stereocenters. The summed E-state index contributed by atoms with van der Waals surface area (Å²) in [5, 5.41) is 0.477. The third-order valence-corrected chi connectivity index (χ3v) is 4.22. The molecule has 1 fully saturated rings. The number of morpholine rings is 1. The van der Waals surface area contributed by atoms with Crippen LogP contribution in [-0.2, 0) is 4.74 Å². The molecular formula is C19H21ClN2O2. The zero-order valence-electron chi connectivity index (χ0n) is 13.8.